The van der Waals surface area contributed by atoms with Crippen molar-refractivity contribution in [1.29, 1.82) is 0 Å². The maximum absolute atomic E-state index is 11.4. The van der Waals surface area contributed by atoms with Crippen molar-refractivity contribution < 1.29 is 9.21 Å². The molecule has 2 aromatic carbocycles. The molecule has 0 aliphatic heterocycles. The second kappa shape index (κ2) is 6.29. The molecule has 0 N–H and O–H groups in total. The second-order valence-electron chi connectivity index (χ2n) is 5.23. The van der Waals surface area contributed by atoms with E-state index in [2.05, 4.69) is 26.0 Å². The molecule has 4 aromatic rings. The van der Waals surface area contributed by atoms with E-state index < -0.39 is 0 Å². The molecule has 0 aliphatic rings. The van der Waals surface area contributed by atoms with Crippen molar-refractivity contribution >= 4 is 56.5 Å². The van der Waals surface area contributed by atoms with Gasteiger partial charge in [0.1, 0.15) is 11.2 Å². The van der Waals surface area contributed by atoms with Gasteiger partial charge >= 0.3 is 6.01 Å². The van der Waals surface area contributed by atoms with Crippen molar-refractivity contribution in [1.82, 2.24) is 14.8 Å². The number of halogens is 3. The van der Waals surface area contributed by atoms with Crippen molar-refractivity contribution in [2.45, 2.75) is 0 Å². The molecule has 0 bridgehead atoms. The Bertz CT molecular complexity index is 1100. The van der Waals surface area contributed by atoms with Crippen LogP contribution in [-0.2, 0) is 0 Å². The van der Waals surface area contributed by atoms with Crippen LogP contribution in [0, 0.1) is 0 Å². The van der Waals surface area contributed by atoms with Crippen molar-refractivity contribution in [2.75, 3.05) is 0 Å². The van der Waals surface area contributed by atoms with Gasteiger partial charge in [-0.2, -0.15) is 14.8 Å². The third-order valence-electron chi connectivity index (χ3n) is 3.58. The van der Waals surface area contributed by atoms with Crippen LogP contribution >= 0.6 is 39.1 Å². The molecule has 0 aliphatic carbocycles. The van der Waals surface area contributed by atoms with E-state index in [1.165, 1.54) is 4.68 Å². The molecule has 0 spiro atoms. The second-order valence-corrected chi connectivity index (χ2v) is 6.99. The Morgan fingerprint density at radius 1 is 1.16 bits per heavy atom. The first kappa shape index (κ1) is 16.3. The van der Waals surface area contributed by atoms with Gasteiger partial charge in [-0.3, -0.25) is 4.79 Å². The zero-order valence-corrected chi connectivity index (χ0v) is 15.5. The molecule has 0 unspecified atom stereocenters. The van der Waals surface area contributed by atoms with Gasteiger partial charge in [0.25, 0.3) is 0 Å². The fourth-order valence-electron chi connectivity index (χ4n) is 2.45. The first-order valence-corrected chi connectivity index (χ1v) is 8.67. The lowest BCUT2D eigenvalue weighted by Gasteiger charge is -1.98. The normalized spacial score (nSPS) is 11.2. The van der Waals surface area contributed by atoms with Crippen LogP contribution in [0.15, 0.2) is 51.5 Å². The molecule has 0 saturated heterocycles. The van der Waals surface area contributed by atoms with Gasteiger partial charge in [-0.15, -0.1) is 0 Å². The third-order valence-corrected chi connectivity index (χ3v) is 4.61. The van der Waals surface area contributed by atoms with E-state index in [1.54, 1.807) is 18.3 Å². The average molecular weight is 437 g/mol. The number of carbonyl (C=O) groups is 1. The van der Waals surface area contributed by atoms with Crippen LogP contribution in [0.5, 0.6) is 0 Å². The minimum absolute atomic E-state index is 0.200. The summed E-state index contributed by atoms with van der Waals surface area (Å²) in [5.41, 5.74) is 2.69. The molecule has 2 aromatic heterocycles. The van der Waals surface area contributed by atoms with E-state index in [0.717, 1.165) is 16.3 Å². The van der Waals surface area contributed by atoms with E-state index in [0.29, 0.717) is 32.4 Å². The fraction of sp³-hybridized carbons (Fsp3) is 0. The van der Waals surface area contributed by atoms with Gasteiger partial charge in [0.05, 0.1) is 10.6 Å². The lowest BCUT2D eigenvalue weighted by atomic mass is 10.1. The number of aromatic nitrogens is 3. The number of hydrogen-bond acceptors (Lipinski definition) is 4. The lowest BCUT2D eigenvalue weighted by molar-refractivity contribution is 0.112. The zero-order valence-electron chi connectivity index (χ0n) is 12.4. The summed E-state index contributed by atoms with van der Waals surface area (Å²) in [7, 11) is 0. The minimum Gasteiger partial charge on any atom is -0.420 e. The molecule has 0 saturated carbocycles. The Labute approximate surface area is 160 Å². The number of oxazole rings is 1. The number of aldehydes is 1. The van der Waals surface area contributed by atoms with Crippen molar-refractivity contribution in [2.24, 2.45) is 0 Å². The summed E-state index contributed by atoms with van der Waals surface area (Å²) in [6, 6.07) is 10.9. The molecule has 4 rings (SSSR count). The Morgan fingerprint density at radius 3 is 2.64 bits per heavy atom. The van der Waals surface area contributed by atoms with Gasteiger partial charge in [-0.25, -0.2) is 0 Å². The van der Waals surface area contributed by atoms with Gasteiger partial charge in [0.15, 0.2) is 11.9 Å². The van der Waals surface area contributed by atoms with Crippen LogP contribution in [0.3, 0.4) is 0 Å². The van der Waals surface area contributed by atoms with E-state index in [-0.39, 0.29) is 6.01 Å². The number of fused-ring (bicyclic) bond motifs is 1. The summed E-state index contributed by atoms with van der Waals surface area (Å²) < 4.78 is 8.03. The molecule has 0 atom stereocenters. The number of rotatable bonds is 3. The van der Waals surface area contributed by atoms with Crippen LogP contribution in [0.2, 0.25) is 10.0 Å². The summed E-state index contributed by atoms with van der Waals surface area (Å²) in [4.78, 5) is 15.8. The molecular formula is C17H8BrCl2N3O2. The standard InChI is InChI=1S/C17H8BrCl2N3O2/c18-11-3-1-9(2-4-11)15-10(8-24)7-23(22-15)17-21-14-6-12(19)5-13(20)16(14)25-17/h1-8H. The largest absolute Gasteiger partial charge is 0.420 e. The number of nitrogens with zero attached hydrogens (tertiary/aromatic N) is 3. The highest BCUT2D eigenvalue weighted by Crippen LogP contribution is 2.30. The first-order valence-electron chi connectivity index (χ1n) is 7.12. The van der Waals surface area contributed by atoms with Gasteiger partial charge in [0, 0.05) is 21.3 Å². The molecule has 0 amide bonds. The SMILES string of the molecule is O=Cc1cn(-c2nc3cc(Cl)cc(Cl)c3o2)nc1-c1ccc(Br)cc1. The Morgan fingerprint density at radius 2 is 1.92 bits per heavy atom. The van der Waals surface area contributed by atoms with Gasteiger partial charge in [0.2, 0.25) is 0 Å². The highest BCUT2D eigenvalue weighted by atomic mass is 79.9. The van der Waals surface area contributed by atoms with Crippen molar-refractivity contribution in [3.05, 3.63) is 62.7 Å². The fourth-order valence-corrected chi connectivity index (χ4v) is 3.24. The summed E-state index contributed by atoms with van der Waals surface area (Å²) >= 11 is 15.5. The molecule has 8 heteroatoms. The molecule has 0 fully saturated rings. The van der Waals surface area contributed by atoms with Gasteiger partial charge in [-0.05, 0) is 24.3 Å². The molecular weight excluding hydrogens is 429 g/mol. The van der Waals surface area contributed by atoms with E-state index in [1.807, 2.05) is 24.3 Å². The summed E-state index contributed by atoms with van der Waals surface area (Å²) in [6.07, 6.45) is 2.30. The lowest BCUT2D eigenvalue weighted by Crippen LogP contribution is -1.94. The number of hydrogen-bond donors (Lipinski definition) is 0. The quantitative estimate of drug-likeness (QED) is 0.394. The van der Waals surface area contributed by atoms with E-state index >= 15 is 0 Å². The van der Waals surface area contributed by atoms with E-state index in [4.69, 9.17) is 27.6 Å². The van der Waals surface area contributed by atoms with Gasteiger partial charge < -0.3 is 4.42 Å². The highest BCUT2D eigenvalue weighted by molar-refractivity contribution is 9.10. The monoisotopic (exact) mass is 435 g/mol. The predicted octanol–water partition coefficient (Wildman–Crippen LogP) is 5.56. The number of carbonyl (C=O) groups excluding carboxylic acids is 1. The molecule has 124 valence electrons. The maximum Gasteiger partial charge on any atom is 0.323 e. The number of benzene rings is 2. The van der Waals surface area contributed by atoms with Crippen LogP contribution < -0.4 is 0 Å². The van der Waals surface area contributed by atoms with Crippen molar-refractivity contribution in [3.63, 3.8) is 0 Å². The topological polar surface area (TPSA) is 60.9 Å². The van der Waals surface area contributed by atoms with Gasteiger partial charge in [-0.1, -0.05) is 51.3 Å². The maximum atomic E-state index is 11.4. The molecule has 5 nitrogen and oxygen atoms in total. The summed E-state index contributed by atoms with van der Waals surface area (Å²) in [5, 5.41) is 5.25. The van der Waals surface area contributed by atoms with Crippen LogP contribution in [0.4, 0.5) is 0 Å². The average Bonchev–Trinajstić information content (AvgIpc) is 3.19. The first-order chi connectivity index (χ1) is 12.0. The van der Waals surface area contributed by atoms with Crippen LogP contribution in [0.1, 0.15) is 10.4 Å². The van der Waals surface area contributed by atoms with E-state index in [9.17, 15) is 4.79 Å². The summed E-state index contributed by atoms with van der Waals surface area (Å²) in [6.45, 7) is 0. The van der Waals surface area contributed by atoms with Crippen LogP contribution in [0.25, 0.3) is 28.4 Å². The Kier molecular flexibility index (Phi) is 4.11. The van der Waals surface area contributed by atoms with Crippen LogP contribution in [-0.4, -0.2) is 21.1 Å². The highest BCUT2D eigenvalue weighted by Gasteiger charge is 2.17. The molecule has 25 heavy (non-hydrogen) atoms. The summed E-state index contributed by atoms with van der Waals surface area (Å²) in [5.74, 6) is 0. The predicted molar refractivity (Wildman–Crippen MR) is 99.7 cm³/mol. The zero-order chi connectivity index (χ0) is 17.6. The van der Waals surface area contributed by atoms with Crippen molar-refractivity contribution in [3.8, 4) is 17.3 Å². The Hall–Kier alpha value is -2.15. The smallest absolute Gasteiger partial charge is 0.323 e. The third kappa shape index (κ3) is 2.97. The molecule has 0 radical (unpaired) electrons. The molecule has 2 heterocycles. The Balaban J connectivity index is 1.85. The minimum atomic E-state index is 0.200.